The topological polar surface area (TPSA) is 38.9 Å². The number of unbranched alkanes of at least 4 members (excludes halogenated alkanes) is 8. The third-order valence-corrected chi connectivity index (χ3v) is 5.28. The van der Waals surface area contributed by atoms with Crippen LogP contribution >= 0.6 is 11.3 Å². The normalized spacial score (nSPS) is 12.8. The van der Waals surface area contributed by atoms with Gasteiger partial charge in [-0.2, -0.15) is 0 Å². The summed E-state index contributed by atoms with van der Waals surface area (Å²) in [6, 6.07) is 0.291. The van der Waals surface area contributed by atoms with E-state index in [0.717, 1.165) is 12.8 Å². The van der Waals surface area contributed by atoms with Gasteiger partial charge in [0.1, 0.15) is 0 Å². The molecule has 0 aliphatic carbocycles. The zero-order chi connectivity index (χ0) is 15.5. The molecule has 21 heavy (non-hydrogen) atoms. The van der Waals surface area contributed by atoms with Gasteiger partial charge in [-0.05, 0) is 20.3 Å². The van der Waals surface area contributed by atoms with Crippen LogP contribution < -0.4 is 5.73 Å². The van der Waals surface area contributed by atoms with Crippen molar-refractivity contribution in [1.29, 1.82) is 0 Å². The fraction of sp³-hybridized carbons (Fsp3) is 0.833. The summed E-state index contributed by atoms with van der Waals surface area (Å²) in [5.41, 5.74) is 7.40. The molecule has 0 saturated heterocycles. The summed E-state index contributed by atoms with van der Waals surface area (Å²) in [4.78, 5) is 5.92. The van der Waals surface area contributed by atoms with Gasteiger partial charge in [-0.1, -0.05) is 64.7 Å². The minimum atomic E-state index is 0.291. The molecule has 1 heterocycles. The van der Waals surface area contributed by atoms with Crippen molar-refractivity contribution < 1.29 is 0 Å². The molecule has 0 spiro atoms. The van der Waals surface area contributed by atoms with Gasteiger partial charge in [0.15, 0.2) is 0 Å². The standard InChI is InChI=1S/C18H34N2S/c1-4-5-6-7-8-9-10-11-12-13-17(19)14-18-20-15(2)16(3)21-18/h17H,4-14,19H2,1-3H3. The van der Waals surface area contributed by atoms with Crippen LogP contribution in [0.15, 0.2) is 0 Å². The first-order valence-corrected chi connectivity index (χ1v) is 9.63. The number of nitrogens with two attached hydrogens (primary N) is 1. The van der Waals surface area contributed by atoms with Crippen molar-refractivity contribution in [2.24, 2.45) is 5.73 Å². The van der Waals surface area contributed by atoms with Crippen LogP contribution in [-0.4, -0.2) is 11.0 Å². The summed E-state index contributed by atoms with van der Waals surface area (Å²) < 4.78 is 0. The van der Waals surface area contributed by atoms with Gasteiger partial charge < -0.3 is 5.73 Å². The Morgan fingerprint density at radius 1 is 0.952 bits per heavy atom. The first-order valence-electron chi connectivity index (χ1n) is 8.82. The monoisotopic (exact) mass is 310 g/mol. The van der Waals surface area contributed by atoms with Gasteiger partial charge in [-0.25, -0.2) is 4.98 Å². The number of thiazole rings is 1. The average molecular weight is 311 g/mol. The molecular formula is C18H34N2S. The Balaban J connectivity index is 1.97. The summed E-state index contributed by atoms with van der Waals surface area (Å²) in [5, 5.41) is 1.22. The highest BCUT2D eigenvalue weighted by Crippen LogP contribution is 2.19. The fourth-order valence-electron chi connectivity index (χ4n) is 2.67. The van der Waals surface area contributed by atoms with E-state index in [4.69, 9.17) is 5.73 Å². The molecule has 0 aliphatic rings. The summed E-state index contributed by atoms with van der Waals surface area (Å²) in [5.74, 6) is 0. The number of aromatic nitrogens is 1. The van der Waals surface area contributed by atoms with Gasteiger partial charge in [0.2, 0.25) is 0 Å². The van der Waals surface area contributed by atoms with Gasteiger partial charge >= 0.3 is 0 Å². The molecule has 1 aromatic heterocycles. The zero-order valence-electron chi connectivity index (χ0n) is 14.3. The molecule has 2 nitrogen and oxygen atoms in total. The fourth-order valence-corrected chi connectivity index (χ4v) is 3.70. The molecule has 0 aromatic carbocycles. The number of hydrogen-bond acceptors (Lipinski definition) is 3. The molecule has 1 unspecified atom stereocenters. The molecule has 0 aliphatic heterocycles. The molecule has 0 radical (unpaired) electrons. The van der Waals surface area contributed by atoms with Crippen LogP contribution in [0.2, 0.25) is 0 Å². The van der Waals surface area contributed by atoms with Crippen molar-refractivity contribution in [3.63, 3.8) is 0 Å². The van der Waals surface area contributed by atoms with Crippen molar-refractivity contribution in [3.05, 3.63) is 15.6 Å². The van der Waals surface area contributed by atoms with Gasteiger partial charge in [-0.15, -0.1) is 11.3 Å². The Morgan fingerprint density at radius 3 is 2.05 bits per heavy atom. The molecule has 2 N–H and O–H groups in total. The van der Waals surface area contributed by atoms with Crippen LogP contribution in [0.1, 0.15) is 86.7 Å². The first kappa shape index (κ1) is 18.6. The Hall–Kier alpha value is -0.410. The summed E-state index contributed by atoms with van der Waals surface area (Å²) in [6.45, 7) is 6.50. The van der Waals surface area contributed by atoms with E-state index in [1.54, 1.807) is 0 Å². The molecule has 0 fully saturated rings. The second-order valence-corrected chi connectivity index (χ2v) is 7.62. The van der Waals surface area contributed by atoms with E-state index in [0.29, 0.717) is 6.04 Å². The van der Waals surface area contributed by atoms with E-state index in [9.17, 15) is 0 Å². The largest absolute Gasteiger partial charge is 0.327 e. The molecule has 1 rings (SSSR count). The second kappa shape index (κ2) is 11.2. The SMILES string of the molecule is CCCCCCCCCCCC(N)Cc1nc(C)c(C)s1. The number of nitrogens with zero attached hydrogens (tertiary/aromatic N) is 1. The predicted octanol–water partition coefficient (Wildman–Crippen LogP) is 5.55. The van der Waals surface area contributed by atoms with Gasteiger partial charge in [0.05, 0.1) is 10.7 Å². The Bertz CT molecular complexity index is 354. The lowest BCUT2D eigenvalue weighted by Gasteiger charge is -2.09. The van der Waals surface area contributed by atoms with Gasteiger partial charge in [-0.3, -0.25) is 0 Å². The van der Waals surface area contributed by atoms with Crippen molar-refractivity contribution >= 4 is 11.3 Å². The molecule has 0 amide bonds. The molecule has 0 bridgehead atoms. The third kappa shape index (κ3) is 8.57. The molecule has 1 aromatic rings. The molecule has 1 atom stereocenters. The van der Waals surface area contributed by atoms with E-state index in [1.807, 2.05) is 11.3 Å². The van der Waals surface area contributed by atoms with E-state index >= 15 is 0 Å². The van der Waals surface area contributed by atoms with E-state index in [-0.39, 0.29) is 0 Å². The minimum Gasteiger partial charge on any atom is -0.327 e. The predicted molar refractivity (Wildman–Crippen MR) is 95.1 cm³/mol. The van der Waals surface area contributed by atoms with E-state index in [2.05, 4.69) is 25.8 Å². The van der Waals surface area contributed by atoms with E-state index in [1.165, 1.54) is 73.4 Å². The highest BCUT2D eigenvalue weighted by Gasteiger charge is 2.09. The summed E-state index contributed by atoms with van der Waals surface area (Å²) in [6.07, 6.45) is 14.5. The van der Waals surface area contributed by atoms with Crippen molar-refractivity contribution in [1.82, 2.24) is 4.98 Å². The van der Waals surface area contributed by atoms with Crippen LogP contribution in [0.4, 0.5) is 0 Å². The van der Waals surface area contributed by atoms with Crippen LogP contribution in [0.5, 0.6) is 0 Å². The summed E-state index contributed by atoms with van der Waals surface area (Å²) >= 11 is 1.81. The smallest absolute Gasteiger partial charge is 0.0946 e. The number of rotatable bonds is 12. The second-order valence-electron chi connectivity index (χ2n) is 6.33. The van der Waals surface area contributed by atoms with Gasteiger partial charge in [0, 0.05) is 17.3 Å². The third-order valence-electron chi connectivity index (χ3n) is 4.19. The lowest BCUT2D eigenvalue weighted by molar-refractivity contribution is 0.521. The molecule has 122 valence electrons. The number of hydrogen-bond donors (Lipinski definition) is 1. The highest BCUT2D eigenvalue weighted by molar-refractivity contribution is 7.11. The maximum Gasteiger partial charge on any atom is 0.0946 e. The maximum atomic E-state index is 6.23. The van der Waals surface area contributed by atoms with Crippen molar-refractivity contribution in [2.45, 2.75) is 97.4 Å². The maximum absolute atomic E-state index is 6.23. The van der Waals surface area contributed by atoms with Crippen LogP contribution in [0.25, 0.3) is 0 Å². The quantitative estimate of drug-likeness (QED) is 0.514. The van der Waals surface area contributed by atoms with Crippen LogP contribution in [0.3, 0.4) is 0 Å². The minimum absolute atomic E-state index is 0.291. The van der Waals surface area contributed by atoms with Gasteiger partial charge in [0.25, 0.3) is 0 Å². The van der Waals surface area contributed by atoms with Crippen LogP contribution in [0, 0.1) is 13.8 Å². The average Bonchev–Trinajstić information content (AvgIpc) is 2.75. The molecule has 0 saturated carbocycles. The highest BCUT2D eigenvalue weighted by atomic mass is 32.1. The van der Waals surface area contributed by atoms with Crippen molar-refractivity contribution in [3.8, 4) is 0 Å². The summed E-state index contributed by atoms with van der Waals surface area (Å²) in [7, 11) is 0. The molecular weight excluding hydrogens is 276 g/mol. The lowest BCUT2D eigenvalue weighted by Crippen LogP contribution is -2.22. The van der Waals surface area contributed by atoms with E-state index < -0.39 is 0 Å². The Morgan fingerprint density at radius 2 is 1.52 bits per heavy atom. The Kier molecular flexibility index (Phi) is 9.94. The van der Waals surface area contributed by atoms with Crippen molar-refractivity contribution in [2.75, 3.05) is 0 Å². The lowest BCUT2D eigenvalue weighted by atomic mass is 10.0. The Labute approximate surface area is 135 Å². The first-order chi connectivity index (χ1) is 10.1. The molecule has 3 heteroatoms. The number of aryl methyl sites for hydroxylation is 2. The zero-order valence-corrected chi connectivity index (χ0v) is 15.1. The van der Waals surface area contributed by atoms with Crippen LogP contribution in [-0.2, 0) is 6.42 Å².